The van der Waals surface area contributed by atoms with E-state index in [0.29, 0.717) is 17.3 Å². The van der Waals surface area contributed by atoms with Crippen LogP contribution in [0.5, 0.6) is 5.75 Å². The van der Waals surface area contributed by atoms with Gasteiger partial charge in [0.05, 0.1) is 24.5 Å². The largest absolute Gasteiger partial charge is 0.485 e. The first kappa shape index (κ1) is 24.4. The predicted octanol–water partition coefficient (Wildman–Crippen LogP) is 4.13. The molecule has 4 rings (SSSR count). The van der Waals surface area contributed by atoms with E-state index in [2.05, 4.69) is 4.98 Å². The number of carbonyl (C=O) groups is 1. The number of Topliss-reactive ketones (excluding diaryl/α,β-unsaturated/α-hetero) is 1. The first-order valence-electron chi connectivity index (χ1n) is 10.8. The van der Waals surface area contributed by atoms with Crippen LogP contribution in [-0.2, 0) is 12.0 Å². The molecule has 0 bridgehead atoms. The maximum atomic E-state index is 14.0. The van der Waals surface area contributed by atoms with Crippen molar-refractivity contribution in [2.24, 2.45) is 0 Å². The summed E-state index contributed by atoms with van der Waals surface area (Å²) in [5, 5.41) is 20.2. The minimum atomic E-state index is -1.34. The van der Waals surface area contributed by atoms with Crippen molar-refractivity contribution >= 4 is 11.4 Å². The number of carbonyl (C=O) groups excluding carboxylic acids is 1. The minimum Gasteiger partial charge on any atom is -0.485 e. The van der Waals surface area contributed by atoms with Crippen molar-refractivity contribution in [3.63, 3.8) is 0 Å². The number of aromatic nitrogens is 2. The van der Waals surface area contributed by atoms with Crippen LogP contribution in [0.3, 0.4) is 0 Å². The van der Waals surface area contributed by atoms with Crippen molar-refractivity contribution in [3.8, 4) is 5.75 Å². The number of aryl methyl sites for hydroxylation is 1. The number of rotatable bonds is 9. The minimum absolute atomic E-state index is 0.136. The van der Waals surface area contributed by atoms with Gasteiger partial charge in [0.2, 0.25) is 0 Å². The molecule has 0 aliphatic heterocycles. The molecule has 35 heavy (non-hydrogen) atoms. The number of hydrogen-bond donors (Lipinski definition) is 2. The molecule has 0 aliphatic carbocycles. The SMILES string of the molecule is Cc1nc2c(OCc3c(F)ccc(F)c3F)cccn2c1C(=O)CC(CO)(CO)c1ccccc1. The fourth-order valence-electron chi connectivity index (χ4n) is 4.09. The quantitative estimate of drug-likeness (QED) is 0.276. The molecule has 0 spiro atoms. The van der Waals surface area contributed by atoms with Gasteiger partial charge in [-0.1, -0.05) is 30.3 Å². The lowest BCUT2D eigenvalue weighted by molar-refractivity contribution is 0.0782. The average molecular weight is 484 g/mol. The van der Waals surface area contributed by atoms with Gasteiger partial charge in [-0.2, -0.15) is 0 Å². The van der Waals surface area contributed by atoms with E-state index in [1.807, 2.05) is 0 Å². The monoisotopic (exact) mass is 484 g/mol. The lowest BCUT2D eigenvalue weighted by atomic mass is 9.77. The summed E-state index contributed by atoms with van der Waals surface area (Å²) < 4.78 is 48.6. The third-order valence-corrected chi connectivity index (χ3v) is 6.05. The summed E-state index contributed by atoms with van der Waals surface area (Å²) >= 11 is 0. The van der Waals surface area contributed by atoms with Gasteiger partial charge >= 0.3 is 0 Å². The maximum Gasteiger partial charge on any atom is 0.182 e. The Balaban J connectivity index is 1.67. The number of nitrogens with zero attached hydrogens (tertiary/aromatic N) is 2. The first-order chi connectivity index (χ1) is 16.8. The molecule has 4 aromatic rings. The highest BCUT2D eigenvalue weighted by Crippen LogP contribution is 2.31. The Morgan fingerprint density at radius 2 is 1.69 bits per heavy atom. The fourth-order valence-corrected chi connectivity index (χ4v) is 4.09. The Morgan fingerprint density at radius 1 is 1.00 bits per heavy atom. The molecule has 0 saturated heterocycles. The van der Waals surface area contributed by atoms with Crippen LogP contribution in [0.25, 0.3) is 5.65 Å². The molecule has 0 fully saturated rings. The maximum absolute atomic E-state index is 14.0. The molecule has 2 aromatic carbocycles. The highest BCUT2D eigenvalue weighted by molar-refractivity contribution is 5.97. The molecule has 2 aromatic heterocycles. The van der Waals surface area contributed by atoms with Crippen molar-refractivity contribution in [3.05, 3.63) is 101 Å². The molecule has 0 unspecified atom stereocenters. The fraction of sp³-hybridized carbons (Fsp3) is 0.231. The number of aliphatic hydroxyl groups is 2. The molecule has 9 heteroatoms. The average Bonchev–Trinajstić information content (AvgIpc) is 3.22. The van der Waals surface area contributed by atoms with Gasteiger partial charge < -0.3 is 14.9 Å². The standard InChI is InChI=1S/C26H23F3N2O4/c1-16-24(21(34)12-26(14-32,15-33)17-6-3-2-4-7-17)31-11-5-8-22(25(31)30-16)35-13-18-19(27)9-10-20(28)23(18)29/h2-11,32-33H,12-15H2,1H3. The molecule has 2 N–H and O–H groups in total. The molecule has 0 amide bonds. The van der Waals surface area contributed by atoms with Crippen LogP contribution in [0.4, 0.5) is 13.2 Å². The molecule has 0 saturated carbocycles. The van der Waals surface area contributed by atoms with Crippen LogP contribution in [0.1, 0.15) is 33.7 Å². The smallest absolute Gasteiger partial charge is 0.182 e. The molecular weight excluding hydrogens is 461 g/mol. The zero-order valence-electron chi connectivity index (χ0n) is 18.8. The highest BCUT2D eigenvalue weighted by atomic mass is 19.2. The van der Waals surface area contributed by atoms with Gasteiger partial charge in [0, 0.05) is 18.0 Å². The summed E-state index contributed by atoms with van der Waals surface area (Å²) in [4.78, 5) is 17.8. The third-order valence-electron chi connectivity index (χ3n) is 6.05. The Bertz CT molecular complexity index is 1370. The van der Waals surface area contributed by atoms with Gasteiger partial charge in [-0.15, -0.1) is 0 Å². The summed E-state index contributed by atoms with van der Waals surface area (Å²) in [6.45, 7) is 0.136. The molecule has 182 valence electrons. The number of hydrogen-bond acceptors (Lipinski definition) is 5. The normalized spacial score (nSPS) is 11.7. The van der Waals surface area contributed by atoms with Crippen molar-refractivity contribution in [1.82, 2.24) is 9.38 Å². The summed E-state index contributed by atoms with van der Waals surface area (Å²) in [5.74, 6) is -3.71. The predicted molar refractivity (Wildman–Crippen MR) is 122 cm³/mol. The Labute approximate surface area is 199 Å². The number of fused-ring (bicyclic) bond motifs is 1. The molecular formula is C26H23F3N2O4. The zero-order valence-corrected chi connectivity index (χ0v) is 18.8. The second-order valence-corrected chi connectivity index (χ2v) is 8.28. The molecule has 0 aliphatic rings. The van der Waals surface area contributed by atoms with Gasteiger partial charge in [-0.25, -0.2) is 18.2 Å². The van der Waals surface area contributed by atoms with Crippen molar-refractivity contribution < 1.29 is 32.9 Å². The number of halogens is 3. The van der Waals surface area contributed by atoms with E-state index in [-0.39, 0.29) is 29.3 Å². The first-order valence-corrected chi connectivity index (χ1v) is 10.8. The van der Waals surface area contributed by atoms with Crippen LogP contribution >= 0.6 is 0 Å². The third kappa shape index (κ3) is 4.52. The molecule has 0 radical (unpaired) electrons. The number of benzene rings is 2. The lowest BCUT2D eigenvalue weighted by Crippen LogP contribution is -2.37. The van der Waals surface area contributed by atoms with Crippen LogP contribution in [0, 0.1) is 24.4 Å². The number of pyridine rings is 1. The second kappa shape index (κ2) is 9.89. The van der Waals surface area contributed by atoms with Crippen molar-refractivity contribution in [2.45, 2.75) is 25.4 Å². The second-order valence-electron chi connectivity index (χ2n) is 8.28. The van der Waals surface area contributed by atoms with E-state index in [0.717, 1.165) is 6.07 Å². The molecule has 6 nitrogen and oxygen atoms in total. The van der Waals surface area contributed by atoms with Gasteiger partial charge in [0.1, 0.15) is 18.1 Å². The van der Waals surface area contributed by atoms with E-state index >= 15 is 0 Å². The Kier molecular flexibility index (Phi) is 6.90. The van der Waals surface area contributed by atoms with E-state index in [1.54, 1.807) is 49.5 Å². The van der Waals surface area contributed by atoms with Crippen LogP contribution in [0.2, 0.25) is 0 Å². The van der Waals surface area contributed by atoms with Crippen molar-refractivity contribution in [2.75, 3.05) is 13.2 Å². The number of ether oxygens (including phenoxy) is 1. The summed E-state index contributed by atoms with van der Waals surface area (Å²) in [6.07, 6.45) is 1.39. The van der Waals surface area contributed by atoms with Crippen LogP contribution < -0.4 is 4.74 Å². The number of aliphatic hydroxyl groups excluding tert-OH is 2. The van der Waals surface area contributed by atoms with E-state index < -0.39 is 48.3 Å². The van der Waals surface area contributed by atoms with E-state index in [4.69, 9.17) is 4.74 Å². The highest BCUT2D eigenvalue weighted by Gasteiger charge is 2.35. The Hall–Kier alpha value is -3.69. The van der Waals surface area contributed by atoms with E-state index in [1.165, 1.54) is 10.5 Å². The summed E-state index contributed by atoms with van der Waals surface area (Å²) in [5.41, 5.74) is -0.333. The topological polar surface area (TPSA) is 84.1 Å². The lowest BCUT2D eigenvalue weighted by Gasteiger charge is -2.29. The van der Waals surface area contributed by atoms with Crippen molar-refractivity contribution in [1.29, 1.82) is 0 Å². The zero-order chi connectivity index (χ0) is 25.2. The van der Waals surface area contributed by atoms with Gasteiger partial charge in [-0.05, 0) is 36.8 Å². The van der Waals surface area contributed by atoms with Crippen LogP contribution in [-0.4, -0.2) is 38.6 Å². The Morgan fingerprint density at radius 3 is 2.37 bits per heavy atom. The number of imidazole rings is 1. The summed E-state index contributed by atoms with van der Waals surface area (Å²) in [7, 11) is 0. The van der Waals surface area contributed by atoms with E-state index in [9.17, 15) is 28.2 Å². The van der Waals surface area contributed by atoms with Gasteiger partial charge in [-0.3, -0.25) is 9.20 Å². The van der Waals surface area contributed by atoms with Crippen LogP contribution in [0.15, 0.2) is 60.8 Å². The van der Waals surface area contributed by atoms with Gasteiger partial charge in [0.15, 0.2) is 28.8 Å². The molecule has 2 heterocycles. The molecule has 0 atom stereocenters. The number of ketones is 1. The summed E-state index contributed by atoms with van der Waals surface area (Å²) in [6, 6.07) is 13.4. The van der Waals surface area contributed by atoms with Gasteiger partial charge in [0.25, 0.3) is 0 Å².